The number of furan rings is 1. The summed E-state index contributed by atoms with van der Waals surface area (Å²) in [5, 5.41) is 11.2. The average Bonchev–Trinajstić information content (AvgIpc) is 2.79. The van der Waals surface area contributed by atoms with Crippen molar-refractivity contribution >= 4 is 35.2 Å². The molecule has 0 saturated heterocycles. The van der Waals surface area contributed by atoms with Gasteiger partial charge in [-0.1, -0.05) is 23.2 Å². The Morgan fingerprint density at radius 2 is 1.94 bits per heavy atom. The number of carboxylic acids is 1. The molecule has 1 aromatic carbocycles. The van der Waals surface area contributed by atoms with Crippen molar-refractivity contribution < 1.29 is 14.3 Å². The molecule has 0 aliphatic carbocycles. The molecule has 0 atom stereocenters. The molecule has 0 saturated carbocycles. The maximum absolute atomic E-state index is 10.3. The van der Waals surface area contributed by atoms with Gasteiger partial charge in [0.2, 0.25) is 0 Å². The SMILES string of the molecule is O=C([O-])/C=C/c1ccc(-c2ccc(Cl)c(Cl)c2)o1. The van der Waals surface area contributed by atoms with E-state index < -0.39 is 5.97 Å². The van der Waals surface area contributed by atoms with E-state index in [-0.39, 0.29) is 0 Å². The molecule has 0 bridgehead atoms. The molecule has 1 heterocycles. The summed E-state index contributed by atoms with van der Waals surface area (Å²) in [5.74, 6) is -0.283. The number of hydrogen-bond acceptors (Lipinski definition) is 3. The summed E-state index contributed by atoms with van der Waals surface area (Å²) in [4.78, 5) is 10.3. The van der Waals surface area contributed by atoms with E-state index in [2.05, 4.69) is 0 Å². The highest BCUT2D eigenvalue weighted by Gasteiger charge is 2.05. The third-order valence-electron chi connectivity index (χ3n) is 2.21. The van der Waals surface area contributed by atoms with Crippen LogP contribution in [-0.4, -0.2) is 5.97 Å². The summed E-state index contributed by atoms with van der Waals surface area (Å²) in [6, 6.07) is 8.47. The van der Waals surface area contributed by atoms with Crippen molar-refractivity contribution in [3.05, 3.63) is 52.2 Å². The van der Waals surface area contributed by atoms with Crippen molar-refractivity contribution in [3.63, 3.8) is 0 Å². The fourth-order valence-corrected chi connectivity index (χ4v) is 1.70. The second-order valence-electron chi connectivity index (χ2n) is 3.48. The Morgan fingerprint density at radius 1 is 1.17 bits per heavy atom. The number of rotatable bonds is 3. The lowest BCUT2D eigenvalue weighted by molar-refractivity contribution is -0.297. The van der Waals surface area contributed by atoms with Gasteiger partial charge in [0.25, 0.3) is 0 Å². The molecule has 0 radical (unpaired) electrons. The zero-order chi connectivity index (χ0) is 13.1. The van der Waals surface area contributed by atoms with Crippen LogP contribution in [0.25, 0.3) is 17.4 Å². The molecule has 0 aliphatic rings. The summed E-state index contributed by atoms with van der Waals surface area (Å²) in [6.45, 7) is 0. The molecule has 0 spiro atoms. The molecular formula is C13H7Cl2O3-. The van der Waals surface area contributed by atoms with Crippen LogP contribution in [0.15, 0.2) is 40.8 Å². The van der Waals surface area contributed by atoms with Gasteiger partial charge in [-0.25, -0.2) is 0 Å². The summed E-state index contributed by atoms with van der Waals surface area (Å²) < 4.78 is 5.44. The molecule has 2 rings (SSSR count). The van der Waals surface area contributed by atoms with Crippen LogP contribution in [0.1, 0.15) is 5.76 Å². The molecule has 3 nitrogen and oxygen atoms in total. The predicted molar refractivity (Wildman–Crippen MR) is 68.2 cm³/mol. The number of halogens is 2. The molecule has 1 aromatic heterocycles. The highest BCUT2D eigenvalue weighted by atomic mass is 35.5. The number of carboxylic acid groups (broad SMARTS) is 1. The largest absolute Gasteiger partial charge is 0.545 e. The van der Waals surface area contributed by atoms with Gasteiger partial charge in [-0.2, -0.15) is 0 Å². The number of benzene rings is 1. The number of carbonyl (C=O) groups is 1. The lowest BCUT2D eigenvalue weighted by atomic mass is 10.2. The van der Waals surface area contributed by atoms with Gasteiger partial charge in [-0.05, 0) is 42.5 Å². The molecule has 0 fully saturated rings. The van der Waals surface area contributed by atoms with Crippen molar-refractivity contribution in [1.82, 2.24) is 0 Å². The normalized spacial score (nSPS) is 11.0. The van der Waals surface area contributed by atoms with Gasteiger partial charge in [0.1, 0.15) is 11.5 Å². The number of hydrogen-bond donors (Lipinski definition) is 0. The van der Waals surface area contributed by atoms with E-state index in [9.17, 15) is 9.90 Å². The Kier molecular flexibility index (Phi) is 3.75. The van der Waals surface area contributed by atoms with Gasteiger partial charge in [-0.3, -0.25) is 0 Å². The first kappa shape index (κ1) is 12.7. The molecule has 18 heavy (non-hydrogen) atoms. The minimum atomic E-state index is -1.28. The van der Waals surface area contributed by atoms with Gasteiger partial charge in [-0.15, -0.1) is 0 Å². The summed E-state index contributed by atoms with van der Waals surface area (Å²) in [6.07, 6.45) is 2.22. The minimum Gasteiger partial charge on any atom is -0.545 e. The minimum absolute atomic E-state index is 0.417. The van der Waals surface area contributed by atoms with Gasteiger partial charge in [0, 0.05) is 5.56 Å². The van der Waals surface area contributed by atoms with Crippen LogP contribution in [0.5, 0.6) is 0 Å². The molecule has 0 aliphatic heterocycles. The summed E-state index contributed by atoms with van der Waals surface area (Å²) in [5.41, 5.74) is 0.762. The molecule has 0 N–H and O–H groups in total. The van der Waals surface area contributed by atoms with E-state index in [0.717, 1.165) is 11.6 Å². The Balaban J connectivity index is 2.29. The van der Waals surface area contributed by atoms with Gasteiger partial charge in [0.05, 0.1) is 16.0 Å². The first-order valence-electron chi connectivity index (χ1n) is 5.00. The maximum Gasteiger partial charge on any atom is 0.134 e. The summed E-state index contributed by atoms with van der Waals surface area (Å²) >= 11 is 11.7. The van der Waals surface area contributed by atoms with Crippen LogP contribution in [0.2, 0.25) is 10.0 Å². The van der Waals surface area contributed by atoms with E-state index in [1.54, 1.807) is 30.3 Å². The van der Waals surface area contributed by atoms with Crippen LogP contribution in [0.3, 0.4) is 0 Å². The van der Waals surface area contributed by atoms with Crippen LogP contribution in [-0.2, 0) is 4.79 Å². The van der Waals surface area contributed by atoms with E-state index in [1.807, 2.05) is 0 Å². The molecule has 0 unspecified atom stereocenters. The fraction of sp³-hybridized carbons (Fsp3) is 0. The van der Waals surface area contributed by atoms with Crippen molar-refractivity contribution in [1.29, 1.82) is 0 Å². The molecule has 5 heteroatoms. The van der Waals surface area contributed by atoms with E-state index >= 15 is 0 Å². The van der Waals surface area contributed by atoms with Crippen LogP contribution in [0, 0.1) is 0 Å². The Morgan fingerprint density at radius 3 is 2.61 bits per heavy atom. The molecular weight excluding hydrogens is 275 g/mol. The topological polar surface area (TPSA) is 53.3 Å². The lowest BCUT2D eigenvalue weighted by Gasteiger charge is -1.99. The zero-order valence-electron chi connectivity index (χ0n) is 9.02. The number of carbonyl (C=O) groups excluding carboxylic acids is 1. The number of aliphatic carboxylic acids is 1. The van der Waals surface area contributed by atoms with Gasteiger partial charge >= 0.3 is 0 Å². The first-order valence-corrected chi connectivity index (χ1v) is 5.76. The van der Waals surface area contributed by atoms with Gasteiger partial charge in [0.15, 0.2) is 0 Å². The van der Waals surface area contributed by atoms with E-state index in [4.69, 9.17) is 27.6 Å². The maximum atomic E-state index is 10.3. The highest BCUT2D eigenvalue weighted by Crippen LogP contribution is 2.29. The van der Waals surface area contributed by atoms with Crippen molar-refractivity contribution in [2.45, 2.75) is 0 Å². The Hall–Kier alpha value is -1.71. The van der Waals surface area contributed by atoms with Gasteiger partial charge < -0.3 is 14.3 Å². The second kappa shape index (κ2) is 5.29. The predicted octanol–water partition coefficient (Wildman–Crippen LogP) is 3.02. The lowest BCUT2D eigenvalue weighted by Crippen LogP contribution is -2.18. The van der Waals surface area contributed by atoms with Crippen molar-refractivity contribution in [3.8, 4) is 11.3 Å². The fourth-order valence-electron chi connectivity index (χ4n) is 1.40. The Bertz CT molecular complexity index is 614. The van der Waals surface area contributed by atoms with Crippen LogP contribution < -0.4 is 5.11 Å². The second-order valence-corrected chi connectivity index (χ2v) is 4.30. The van der Waals surface area contributed by atoms with Crippen LogP contribution in [0.4, 0.5) is 0 Å². The molecule has 0 amide bonds. The average molecular weight is 282 g/mol. The van der Waals surface area contributed by atoms with Crippen molar-refractivity contribution in [2.24, 2.45) is 0 Å². The smallest absolute Gasteiger partial charge is 0.134 e. The first-order chi connectivity index (χ1) is 8.56. The van der Waals surface area contributed by atoms with E-state index in [1.165, 1.54) is 6.08 Å². The third-order valence-corrected chi connectivity index (χ3v) is 2.95. The standard InChI is InChI=1S/C13H8Cl2O3/c14-10-4-1-8(7-11(10)15)12-5-2-9(18-12)3-6-13(16)17/h1-7H,(H,16,17)/p-1/b6-3+. The quantitative estimate of drug-likeness (QED) is 0.813. The molecule has 92 valence electrons. The Labute approximate surface area is 113 Å². The monoisotopic (exact) mass is 281 g/mol. The zero-order valence-corrected chi connectivity index (χ0v) is 10.5. The third kappa shape index (κ3) is 2.94. The van der Waals surface area contributed by atoms with Crippen molar-refractivity contribution in [2.75, 3.05) is 0 Å². The summed E-state index contributed by atoms with van der Waals surface area (Å²) in [7, 11) is 0. The highest BCUT2D eigenvalue weighted by molar-refractivity contribution is 6.42. The molecule has 2 aromatic rings. The van der Waals surface area contributed by atoms with Crippen LogP contribution >= 0.6 is 23.2 Å². The van der Waals surface area contributed by atoms with E-state index in [0.29, 0.717) is 21.6 Å².